The normalized spacial score (nSPS) is 13.2. The van der Waals surface area contributed by atoms with Crippen LogP contribution in [0.15, 0.2) is 34.9 Å². The second-order valence-electron chi connectivity index (χ2n) is 6.00. The number of aromatic nitrogens is 2. The summed E-state index contributed by atoms with van der Waals surface area (Å²) in [7, 11) is 0. The fraction of sp³-hybridized carbons (Fsp3) is 0.438. The van der Waals surface area contributed by atoms with Gasteiger partial charge in [0.2, 0.25) is 0 Å². The first-order valence-electron chi connectivity index (χ1n) is 6.99. The molecule has 0 radical (unpaired) electrons. The molecule has 0 spiro atoms. The topological polar surface area (TPSA) is 47.3 Å². The third-order valence-corrected chi connectivity index (χ3v) is 3.57. The van der Waals surface area contributed by atoms with Crippen LogP contribution in [0, 0.1) is 5.41 Å². The highest BCUT2D eigenvalue weighted by Crippen LogP contribution is 2.35. The van der Waals surface area contributed by atoms with Crippen molar-refractivity contribution in [3.8, 4) is 11.4 Å². The van der Waals surface area contributed by atoms with Crippen LogP contribution in [0.1, 0.15) is 39.5 Å². The minimum atomic E-state index is -0.618. The van der Waals surface area contributed by atoms with Gasteiger partial charge in [-0.15, -0.1) is 0 Å². The molecule has 1 N–H and O–H groups in total. The van der Waals surface area contributed by atoms with Crippen molar-refractivity contribution in [3.63, 3.8) is 0 Å². The molecule has 1 aromatic heterocycles. The molecule has 1 unspecified atom stereocenters. The zero-order valence-electron chi connectivity index (χ0n) is 12.8. The summed E-state index contributed by atoms with van der Waals surface area (Å²) >= 11 is 3.39. The standard InChI is InChI=1S/C16H21BrN2O2/c1-5-21-12-8-6-7-11(9-12)19-13(10-14(17)18-19)15(20)16(2,3)4/h6-10,15,20H,5H2,1-4H3. The molecule has 21 heavy (non-hydrogen) atoms. The summed E-state index contributed by atoms with van der Waals surface area (Å²) in [5.41, 5.74) is 1.35. The zero-order valence-corrected chi connectivity index (χ0v) is 14.4. The molecule has 0 bridgehead atoms. The number of benzene rings is 1. The summed E-state index contributed by atoms with van der Waals surface area (Å²) in [4.78, 5) is 0. The van der Waals surface area contributed by atoms with Crippen molar-refractivity contribution in [2.75, 3.05) is 6.61 Å². The highest BCUT2D eigenvalue weighted by Gasteiger charge is 2.28. The summed E-state index contributed by atoms with van der Waals surface area (Å²) in [5, 5.41) is 15.0. The summed E-state index contributed by atoms with van der Waals surface area (Å²) in [6, 6.07) is 9.54. The van der Waals surface area contributed by atoms with E-state index >= 15 is 0 Å². The Labute approximate surface area is 133 Å². The maximum atomic E-state index is 10.6. The Morgan fingerprint density at radius 3 is 2.67 bits per heavy atom. The molecule has 0 aliphatic carbocycles. The number of aliphatic hydroxyl groups excluding tert-OH is 1. The van der Waals surface area contributed by atoms with E-state index in [2.05, 4.69) is 21.0 Å². The van der Waals surface area contributed by atoms with E-state index in [1.54, 1.807) is 4.68 Å². The zero-order chi connectivity index (χ0) is 15.6. The van der Waals surface area contributed by atoms with Gasteiger partial charge in [0.05, 0.1) is 18.0 Å². The van der Waals surface area contributed by atoms with Crippen molar-refractivity contribution < 1.29 is 9.84 Å². The Balaban J connectivity index is 2.47. The van der Waals surface area contributed by atoms with E-state index in [0.717, 1.165) is 17.1 Å². The molecular weight excluding hydrogens is 332 g/mol. The molecular formula is C16H21BrN2O2. The molecule has 114 valence electrons. The SMILES string of the molecule is CCOc1cccc(-n2nc(Br)cc2C(O)C(C)(C)C)c1. The lowest BCUT2D eigenvalue weighted by atomic mass is 9.87. The Kier molecular flexibility index (Phi) is 4.74. The third kappa shape index (κ3) is 3.66. The maximum absolute atomic E-state index is 10.6. The van der Waals surface area contributed by atoms with Gasteiger partial charge in [-0.1, -0.05) is 26.8 Å². The smallest absolute Gasteiger partial charge is 0.128 e. The number of hydrogen-bond acceptors (Lipinski definition) is 3. The molecule has 0 saturated heterocycles. The van der Waals surface area contributed by atoms with E-state index in [1.807, 2.05) is 58.0 Å². The highest BCUT2D eigenvalue weighted by molar-refractivity contribution is 9.10. The van der Waals surface area contributed by atoms with Gasteiger partial charge in [0.15, 0.2) is 0 Å². The number of rotatable bonds is 4. The van der Waals surface area contributed by atoms with Crippen molar-refractivity contribution in [2.45, 2.75) is 33.8 Å². The molecule has 1 heterocycles. The number of ether oxygens (including phenoxy) is 1. The molecule has 0 aliphatic rings. The molecule has 0 aliphatic heterocycles. The van der Waals surface area contributed by atoms with Crippen LogP contribution in [0.4, 0.5) is 0 Å². The van der Waals surface area contributed by atoms with Gasteiger partial charge in [-0.3, -0.25) is 0 Å². The van der Waals surface area contributed by atoms with Crippen LogP contribution in [0.2, 0.25) is 0 Å². The van der Waals surface area contributed by atoms with E-state index in [9.17, 15) is 5.11 Å². The molecule has 2 aromatic rings. The van der Waals surface area contributed by atoms with Gasteiger partial charge in [-0.05, 0) is 46.5 Å². The fourth-order valence-electron chi connectivity index (χ4n) is 2.08. The Hall–Kier alpha value is -1.33. The summed E-state index contributed by atoms with van der Waals surface area (Å²) < 4.78 is 7.98. The lowest BCUT2D eigenvalue weighted by Gasteiger charge is -2.26. The predicted molar refractivity (Wildman–Crippen MR) is 86.8 cm³/mol. The van der Waals surface area contributed by atoms with E-state index in [0.29, 0.717) is 11.2 Å². The number of hydrogen-bond donors (Lipinski definition) is 1. The van der Waals surface area contributed by atoms with Gasteiger partial charge in [-0.25, -0.2) is 4.68 Å². The molecule has 1 aromatic carbocycles. The lowest BCUT2D eigenvalue weighted by molar-refractivity contribution is 0.0568. The number of halogens is 1. The van der Waals surface area contributed by atoms with Gasteiger partial charge in [0.1, 0.15) is 16.5 Å². The van der Waals surface area contributed by atoms with Crippen LogP contribution in [0.25, 0.3) is 5.69 Å². The van der Waals surface area contributed by atoms with Crippen LogP contribution in [0.5, 0.6) is 5.75 Å². The average Bonchev–Trinajstić information content (AvgIpc) is 2.79. The molecule has 0 amide bonds. The maximum Gasteiger partial charge on any atom is 0.128 e. The highest BCUT2D eigenvalue weighted by atomic mass is 79.9. The Morgan fingerprint density at radius 1 is 1.33 bits per heavy atom. The average molecular weight is 353 g/mol. The van der Waals surface area contributed by atoms with Crippen molar-refractivity contribution in [1.82, 2.24) is 9.78 Å². The molecule has 0 fully saturated rings. The van der Waals surface area contributed by atoms with E-state index in [-0.39, 0.29) is 5.41 Å². The second-order valence-corrected chi connectivity index (χ2v) is 6.82. The Bertz CT molecular complexity index is 617. The third-order valence-electron chi connectivity index (χ3n) is 3.18. The van der Waals surface area contributed by atoms with E-state index < -0.39 is 6.10 Å². The predicted octanol–water partition coefficient (Wildman–Crippen LogP) is 4.11. The monoisotopic (exact) mass is 352 g/mol. The van der Waals surface area contributed by atoms with Crippen molar-refractivity contribution in [1.29, 1.82) is 0 Å². The Morgan fingerprint density at radius 2 is 2.05 bits per heavy atom. The molecule has 1 atom stereocenters. The minimum Gasteiger partial charge on any atom is -0.494 e. The van der Waals surface area contributed by atoms with Crippen LogP contribution < -0.4 is 4.74 Å². The minimum absolute atomic E-state index is 0.269. The summed E-state index contributed by atoms with van der Waals surface area (Å²) in [6.07, 6.45) is -0.618. The van der Waals surface area contributed by atoms with Crippen LogP contribution >= 0.6 is 15.9 Å². The quantitative estimate of drug-likeness (QED) is 0.900. The molecule has 0 saturated carbocycles. The molecule has 2 rings (SSSR count). The van der Waals surface area contributed by atoms with E-state index in [4.69, 9.17) is 4.74 Å². The van der Waals surface area contributed by atoms with Crippen molar-refractivity contribution >= 4 is 15.9 Å². The first-order chi connectivity index (χ1) is 9.82. The van der Waals surface area contributed by atoms with Gasteiger partial charge in [0, 0.05) is 6.07 Å². The van der Waals surface area contributed by atoms with Gasteiger partial charge >= 0.3 is 0 Å². The summed E-state index contributed by atoms with van der Waals surface area (Å²) in [5.74, 6) is 0.790. The van der Waals surface area contributed by atoms with Gasteiger partial charge < -0.3 is 9.84 Å². The van der Waals surface area contributed by atoms with Crippen LogP contribution in [-0.4, -0.2) is 21.5 Å². The fourth-order valence-corrected chi connectivity index (χ4v) is 2.48. The van der Waals surface area contributed by atoms with Gasteiger partial charge in [0.25, 0.3) is 0 Å². The van der Waals surface area contributed by atoms with E-state index in [1.165, 1.54) is 0 Å². The number of aliphatic hydroxyl groups is 1. The van der Waals surface area contributed by atoms with Gasteiger partial charge in [-0.2, -0.15) is 5.10 Å². The van der Waals surface area contributed by atoms with Crippen LogP contribution in [0.3, 0.4) is 0 Å². The van der Waals surface area contributed by atoms with Crippen LogP contribution in [-0.2, 0) is 0 Å². The summed E-state index contributed by atoms with van der Waals surface area (Å²) in [6.45, 7) is 8.56. The first-order valence-corrected chi connectivity index (χ1v) is 7.79. The second kappa shape index (κ2) is 6.20. The molecule has 4 nitrogen and oxygen atoms in total. The number of nitrogens with zero attached hydrogens (tertiary/aromatic N) is 2. The first kappa shape index (κ1) is 16.0. The largest absolute Gasteiger partial charge is 0.494 e. The lowest BCUT2D eigenvalue weighted by Crippen LogP contribution is -2.21. The van der Waals surface area contributed by atoms with Crippen molar-refractivity contribution in [3.05, 3.63) is 40.6 Å². The van der Waals surface area contributed by atoms with Crippen molar-refractivity contribution in [2.24, 2.45) is 5.41 Å². The molecule has 5 heteroatoms.